The molecule has 7 nitrogen and oxygen atoms in total. The summed E-state index contributed by atoms with van der Waals surface area (Å²) in [6.45, 7) is 0. The molecular formula is C22H19F6I3O7S. The molecular weight excluding hydrogens is 903 g/mol. The van der Waals surface area contributed by atoms with Crippen LogP contribution >= 0.6 is 67.8 Å². The van der Waals surface area contributed by atoms with Crippen molar-refractivity contribution in [2.24, 2.45) is 22.7 Å². The number of ether oxygens (including phenoxy) is 2. The lowest BCUT2D eigenvalue weighted by Gasteiger charge is -2.59. The van der Waals surface area contributed by atoms with Gasteiger partial charge in [-0.05, 0) is 130 Å². The topological polar surface area (TPSA) is 107 Å². The van der Waals surface area contributed by atoms with Gasteiger partial charge in [-0.25, -0.2) is 0 Å². The van der Waals surface area contributed by atoms with E-state index in [1.165, 1.54) is 0 Å². The molecule has 0 aromatic heterocycles. The van der Waals surface area contributed by atoms with Crippen LogP contribution < -0.4 is 4.74 Å². The van der Waals surface area contributed by atoms with Gasteiger partial charge in [-0.3, -0.25) is 14.1 Å². The monoisotopic (exact) mass is 922 g/mol. The molecule has 0 saturated heterocycles. The first-order valence-electron chi connectivity index (χ1n) is 11.3. The van der Waals surface area contributed by atoms with E-state index in [1.54, 1.807) is 12.1 Å². The van der Waals surface area contributed by atoms with Crippen molar-refractivity contribution >= 4 is 89.8 Å². The zero-order valence-corrected chi connectivity index (χ0v) is 26.8. The second kappa shape index (κ2) is 10.2. The maximum absolute atomic E-state index is 13.8. The predicted molar refractivity (Wildman–Crippen MR) is 147 cm³/mol. The molecule has 1 N–H and O–H groups in total. The van der Waals surface area contributed by atoms with Crippen molar-refractivity contribution in [3.63, 3.8) is 0 Å². The number of carbonyl (C=O) groups is 2. The molecule has 17 heteroatoms. The highest BCUT2D eigenvalue weighted by molar-refractivity contribution is 14.1. The molecule has 0 spiro atoms. The van der Waals surface area contributed by atoms with Crippen molar-refractivity contribution in [2.45, 2.75) is 56.5 Å². The average molecular weight is 922 g/mol. The Morgan fingerprint density at radius 2 is 1.33 bits per heavy atom. The van der Waals surface area contributed by atoms with Gasteiger partial charge < -0.3 is 9.47 Å². The van der Waals surface area contributed by atoms with Crippen molar-refractivity contribution in [3.8, 4) is 5.75 Å². The van der Waals surface area contributed by atoms with E-state index in [9.17, 15) is 44.3 Å². The fourth-order valence-corrected chi connectivity index (χ4v) is 11.3. The smallest absolute Gasteiger partial charge is 0.438 e. The van der Waals surface area contributed by atoms with Crippen LogP contribution in [0.15, 0.2) is 12.1 Å². The Kier molecular flexibility index (Phi) is 8.34. The fraction of sp³-hybridized carbons (Fsp3) is 0.636. The van der Waals surface area contributed by atoms with Gasteiger partial charge in [0.15, 0.2) is 5.75 Å². The highest BCUT2D eigenvalue weighted by atomic mass is 127. The van der Waals surface area contributed by atoms with Crippen LogP contribution in [0.2, 0.25) is 0 Å². The van der Waals surface area contributed by atoms with Crippen LogP contribution in [0.5, 0.6) is 5.75 Å². The molecule has 39 heavy (non-hydrogen) atoms. The third-order valence-electron chi connectivity index (χ3n) is 7.65. The molecule has 5 rings (SSSR count). The minimum atomic E-state index is -6.42. The zero-order valence-electron chi connectivity index (χ0n) is 19.5. The summed E-state index contributed by atoms with van der Waals surface area (Å²) < 4.78 is 126. The Balaban J connectivity index is 1.70. The first kappa shape index (κ1) is 31.8. The quantitative estimate of drug-likeness (QED) is 0.118. The van der Waals surface area contributed by atoms with E-state index >= 15 is 0 Å². The SMILES string of the molecule is O=C(Oc1c(I)cc(I)cc1I)C12CC3CC(C1)CC(C(=O)OC(CS(=O)(=O)O)(C(F)(F)F)C(F)(F)F)(C3)C2. The van der Waals surface area contributed by atoms with Crippen LogP contribution in [0, 0.1) is 33.4 Å². The maximum atomic E-state index is 13.8. The number of alkyl halides is 6. The Hall–Kier alpha value is -0.160. The summed E-state index contributed by atoms with van der Waals surface area (Å²) in [5.41, 5.74) is -8.73. The van der Waals surface area contributed by atoms with Crippen molar-refractivity contribution in [1.82, 2.24) is 0 Å². The molecule has 4 fully saturated rings. The summed E-state index contributed by atoms with van der Waals surface area (Å²) >= 11 is 6.03. The van der Waals surface area contributed by atoms with Crippen molar-refractivity contribution in [1.29, 1.82) is 0 Å². The molecule has 2 atom stereocenters. The molecule has 2 unspecified atom stereocenters. The number of rotatable bonds is 6. The van der Waals surface area contributed by atoms with E-state index in [0.29, 0.717) is 13.6 Å². The van der Waals surface area contributed by atoms with Crippen LogP contribution in [0.4, 0.5) is 26.3 Å². The highest BCUT2D eigenvalue weighted by Gasteiger charge is 2.77. The summed E-state index contributed by atoms with van der Waals surface area (Å²) in [7, 11) is -5.91. The predicted octanol–water partition coefficient (Wildman–Crippen LogP) is 6.29. The van der Waals surface area contributed by atoms with Gasteiger partial charge in [0.25, 0.3) is 10.1 Å². The first-order valence-corrected chi connectivity index (χ1v) is 16.2. The Labute approximate surface area is 259 Å². The lowest BCUT2D eigenvalue weighted by atomic mass is 9.44. The number of carbonyl (C=O) groups excluding carboxylic acids is 2. The van der Waals surface area contributed by atoms with E-state index in [0.717, 1.165) is 3.57 Å². The molecule has 4 aliphatic carbocycles. The Bertz CT molecular complexity index is 1260. The average Bonchev–Trinajstić information content (AvgIpc) is 2.72. The zero-order chi connectivity index (χ0) is 29.4. The van der Waals surface area contributed by atoms with E-state index in [2.05, 4.69) is 27.3 Å². The Morgan fingerprint density at radius 1 is 0.897 bits per heavy atom. The summed E-state index contributed by atoms with van der Waals surface area (Å²) in [5, 5.41) is 0. The third kappa shape index (κ3) is 5.89. The normalized spacial score (nSPS) is 28.9. The number of halogens is 9. The summed E-state index contributed by atoms with van der Waals surface area (Å²) in [6.07, 6.45) is -12.5. The molecule has 218 valence electrons. The summed E-state index contributed by atoms with van der Waals surface area (Å²) in [4.78, 5) is 26.9. The summed E-state index contributed by atoms with van der Waals surface area (Å²) in [5.74, 6) is -6.05. The van der Waals surface area contributed by atoms with E-state index in [4.69, 9.17) is 9.29 Å². The molecule has 0 amide bonds. The van der Waals surface area contributed by atoms with E-state index < -0.39 is 63.0 Å². The highest BCUT2D eigenvalue weighted by Crippen LogP contribution is 2.66. The van der Waals surface area contributed by atoms with Gasteiger partial charge >= 0.3 is 29.9 Å². The van der Waals surface area contributed by atoms with Crippen LogP contribution in [0.1, 0.15) is 38.5 Å². The molecule has 1 aromatic carbocycles. The van der Waals surface area contributed by atoms with Gasteiger partial charge in [0.1, 0.15) is 5.75 Å². The molecule has 4 saturated carbocycles. The maximum Gasteiger partial charge on any atom is 0.438 e. The third-order valence-corrected chi connectivity index (χ3v) is 10.7. The van der Waals surface area contributed by atoms with Crippen molar-refractivity contribution in [2.75, 3.05) is 5.75 Å². The lowest BCUT2D eigenvalue weighted by Crippen LogP contribution is -2.66. The van der Waals surface area contributed by atoms with Crippen LogP contribution in [-0.2, 0) is 24.4 Å². The van der Waals surface area contributed by atoms with Crippen LogP contribution in [0.3, 0.4) is 0 Å². The number of hydrogen-bond acceptors (Lipinski definition) is 6. The lowest BCUT2D eigenvalue weighted by molar-refractivity contribution is -0.364. The van der Waals surface area contributed by atoms with Gasteiger partial charge in [0, 0.05) is 3.57 Å². The van der Waals surface area contributed by atoms with Crippen molar-refractivity contribution < 1.29 is 58.4 Å². The molecule has 0 radical (unpaired) electrons. The van der Waals surface area contributed by atoms with Gasteiger partial charge in [-0.15, -0.1) is 0 Å². The van der Waals surface area contributed by atoms with Gasteiger partial charge in [-0.1, -0.05) is 0 Å². The number of esters is 2. The molecule has 4 aliphatic rings. The molecule has 0 aliphatic heterocycles. The van der Waals surface area contributed by atoms with E-state index in [-0.39, 0.29) is 43.3 Å². The minimum absolute atomic E-state index is 0.117. The largest absolute Gasteiger partial charge is 0.438 e. The fourth-order valence-electron chi connectivity index (χ4n) is 6.56. The minimum Gasteiger partial charge on any atom is -0.438 e. The van der Waals surface area contributed by atoms with Gasteiger partial charge in [-0.2, -0.15) is 34.8 Å². The number of hydrogen-bond donors (Lipinski definition) is 1. The summed E-state index contributed by atoms with van der Waals surface area (Å²) in [6, 6.07) is 3.51. The molecule has 1 aromatic rings. The first-order chi connectivity index (χ1) is 17.6. The van der Waals surface area contributed by atoms with Crippen LogP contribution in [0.25, 0.3) is 0 Å². The van der Waals surface area contributed by atoms with Crippen LogP contribution in [-0.4, -0.2) is 48.6 Å². The van der Waals surface area contributed by atoms with Gasteiger partial charge in [0.2, 0.25) is 0 Å². The second-order valence-corrected chi connectivity index (χ2v) is 15.6. The van der Waals surface area contributed by atoms with Gasteiger partial charge in [0.05, 0.1) is 18.0 Å². The second-order valence-electron chi connectivity index (χ2n) is 10.5. The molecule has 0 heterocycles. The Morgan fingerprint density at radius 3 is 1.74 bits per heavy atom. The standard InChI is InChI=1S/C22H19F6I3O7S/c23-21(24,25)20(22(26,27)28,9-39(34,35)36)38-17(33)19-6-10-1-11(7-19)5-18(4-10,8-19)16(32)37-15-13(30)2-12(29)3-14(15)31/h2-3,10-11H,1,4-9H2,(H,34,35,36). The van der Waals surface area contributed by atoms with E-state index in [1.807, 2.05) is 45.2 Å². The molecule has 4 bridgehead atoms. The van der Waals surface area contributed by atoms with Crippen molar-refractivity contribution in [3.05, 3.63) is 22.8 Å². The number of benzene rings is 1.